The van der Waals surface area contributed by atoms with Crippen LogP contribution in [0.15, 0.2) is 49.2 Å². The minimum atomic E-state index is -0.0395. The SMILES string of the molecule is CCC(N)c1cn(Cc2ccc(-n3ccnc3)cc2)nn1. The van der Waals surface area contributed by atoms with Gasteiger partial charge in [-0.05, 0) is 24.1 Å². The molecule has 3 aromatic rings. The van der Waals surface area contributed by atoms with E-state index in [1.54, 1.807) is 12.5 Å². The van der Waals surface area contributed by atoms with Crippen LogP contribution in [0.3, 0.4) is 0 Å². The predicted molar refractivity (Wildman–Crippen MR) is 79.9 cm³/mol. The van der Waals surface area contributed by atoms with Gasteiger partial charge < -0.3 is 10.3 Å². The van der Waals surface area contributed by atoms with E-state index in [1.165, 1.54) is 5.56 Å². The summed E-state index contributed by atoms with van der Waals surface area (Å²) in [5.74, 6) is 0. The van der Waals surface area contributed by atoms with E-state index in [-0.39, 0.29) is 6.04 Å². The zero-order valence-corrected chi connectivity index (χ0v) is 11.9. The molecule has 0 aliphatic carbocycles. The second-order valence-corrected chi connectivity index (χ2v) is 4.99. The molecule has 2 aromatic heterocycles. The third-order valence-corrected chi connectivity index (χ3v) is 3.46. The van der Waals surface area contributed by atoms with Crippen LogP contribution < -0.4 is 5.73 Å². The van der Waals surface area contributed by atoms with Crippen LogP contribution in [0, 0.1) is 0 Å². The van der Waals surface area contributed by atoms with Gasteiger partial charge in [-0.25, -0.2) is 9.67 Å². The molecule has 21 heavy (non-hydrogen) atoms. The summed E-state index contributed by atoms with van der Waals surface area (Å²) in [6.45, 7) is 2.73. The van der Waals surface area contributed by atoms with Gasteiger partial charge in [-0.15, -0.1) is 5.10 Å². The van der Waals surface area contributed by atoms with E-state index in [0.29, 0.717) is 6.54 Å². The van der Waals surface area contributed by atoms with Gasteiger partial charge in [0.05, 0.1) is 30.8 Å². The van der Waals surface area contributed by atoms with Gasteiger partial charge in [-0.2, -0.15) is 0 Å². The summed E-state index contributed by atoms with van der Waals surface area (Å²) in [7, 11) is 0. The van der Waals surface area contributed by atoms with Crippen molar-refractivity contribution in [3.05, 3.63) is 60.4 Å². The van der Waals surface area contributed by atoms with Gasteiger partial charge in [0.25, 0.3) is 0 Å². The van der Waals surface area contributed by atoms with Crippen LogP contribution in [0.5, 0.6) is 0 Å². The smallest absolute Gasteiger partial charge is 0.0994 e. The fourth-order valence-electron chi connectivity index (χ4n) is 2.14. The Morgan fingerprint density at radius 2 is 2.05 bits per heavy atom. The van der Waals surface area contributed by atoms with Crippen LogP contribution in [-0.4, -0.2) is 24.5 Å². The topological polar surface area (TPSA) is 74.5 Å². The predicted octanol–water partition coefficient (Wildman–Crippen LogP) is 1.92. The van der Waals surface area contributed by atoms with Crippen molar-refractivity contribution in [2.24, 2.45) is 5.73 Å². The maximum Gasteiger partial charge on any atom is 0.0994 e. The van der Waals surface area contributed by atoms with Gasteiger partial charge in [0, 0.05) is 18.1 Å². The molecule has 0 amide bonds. The van der Waals surface area contributed by atoms with Gasteiger partial charge in [-0.1, -0.05) is 24.3 Å². The molecule has 3 rings (SSSR count). The molecule has 0 radical (unpaired) electrons. The summed E-state index contributed by atoms with van der Waals surface area (Å²) in [6, 6.07) is 8.24. The molecule has 1 unspecified atom stereocenters. The lowest BCUT2D eigenvalue weighted by Crippen LogP contribution is -2.08. The molecule has 0 fully saturated rings. The maximum atomic E-state index is 5.95. The molecule has 0 saturated carbocycles. The number of imidazole rings is 1. The van der Waals surface area contributed by atoms with E-state index in [4.69, 9.17) is 5.73 Å². The summed E-state index contributed by atoms with van der Waals surface area (Å²) in [4.78, 5) is 4.04. The Morgan fingerprint density at radius 1 is 1.24 bits per heavy atom. The van der Waals surface area contributed by atoms with Crippen molar-refractivity contribution >= 4 is 0 Å². The monoisotopic (exact) mass is 282 g/mol. The normalized spacial score (nSPS) is 12.5. The highest BCUT2D eigenvalue weighted by Gasteiger charge is 2.08. The quantitative estimate of drug-likeness (QED) is 0.776. The molecule has 6 heteroatoms. The summed E-state index contributed by atoms with van der Waals surface area (Å²) < 4.78 is 3.79. The standard InChI is InChI=1S/C15H18N6/c1-2-14(16)15-10-21(19-18-15)9-12-3-5-13(6-4-12)20-8-7-17-11-20/h3-8,10-11,14H,2,9,16H2,1H3. The molecule has 2 N–H and O–H groups in total. The van der Waals surface area contributed by atoms with Gasteiger partial charge in [0.15, 0.2) is 0 Å². The molecule has 0 spiro atoms. The van der Waals surface area contributed by atoms with Crippen LogP contribution in [0.25, 0.3) is 5.69 Å². The van der Waals surface area contributed by atoms with E-state index in [9.17, 15) is 0 Å². The van der Waals surface area contributed by atoms with E-state index in [2.05, 4.69) is 39.6 Å². The van der Waals surface area contributed by atoms with Crippen LogP contribution in [-0.2, 0) is 6.54 Å². The average Bonchev–Trinajstić information content (AvgIpc) is 3.18. The first kappa shape index (κ1) is 13.5. The largest absolute Gasteiger partial charge is 0.323 e. The van der Waals surface area contributed by atoms with Gasteiger partial charge >= 0.3 is 0 Å². The Morgan fingerprint density at radius 3 is 2.71 bits per heavy atom. The van der Waals surface area contributed by atoms with Gasteiger partial charge in [-0.3, -0.25) is 0 Å². The highest BCUT2D eigenvalue weighted by molar-refractivity contribution is 5.34. The Labute approximate surface area is 123 Å². The second-order valence-electron chi connectivity index (χ2n) is 4.99. The van der Waals surface area contributed by atoms with Gasteiger partial charge in [0.2, 0.25) is 0 Å². The first-order valence-corrected chi connectivity index (χ1v) is 6.99. The lowest BCUT2D eigenvalue weighted by molar-refractivity contribution is 0.644. The highest BCUT2D eigenvalue weighted by atomic mass is 15.4. The highest BCUT2D eigenvalue weighted by Crippen LogP contribution is 2.12. The van der Waals surface area contributed by atoms with Crippen LogP contribution >= 0.6 is 0 Å². The number of hydrogen-bond acceptors (Lipinski definition) is 4. The fourth-order valence-corrected chi connectivity index (χ4v) is 2.14. The fraction of sp³-hybridized carbons (Fsp3) is 0.267. The Hall–Kier alpha value is -2.47. The number of rotatable bonds is 5. The summed E-state index contributed by atoms with van der Waals surface area (Å²) in [5.41, 5.74) is 9.04. The van der Waals surface area contributed by atoms with Crippen molar-refractivity contribution in [2.75, 3.05) is 0 Å². The van der Waals surface area contributed by atoms with E-state index < -0.39 is 0 Å². The molecular weight excluding hydrogens is 264 g/mol. The van der Waals surface area contributed by atoms with E-state index in [1.807, 2.05) is 28.6 Å². The first-order valence-electron chi connectivity index (χ1n) is 6.99. The van der Waals surface area contributed by atoms with Crippen molar-refractivity contribution in [3.8, 4) is 5.69 Å². The number of hydrogen-bond donors (Lipinski definition) is 1. The van der Waals surface area contributed by atoms with Crippen molar-refractivity contribution in [1.29, 1.82) is 0 Å². The van der Waals surface area contributed by atoms with Gasteiger partial charge in [0.1, 0.15) is 0 Å². The number of nitrogens with zero attached hydrogens (tertiary/aromatic N) is 5. The average molecular weight is 282 g/mol. The summed E-state index contributed by atoms with van der Waals surface area (Å²) in [5, 5.41) is 8.24. The summed E-state index contributed by atoms with van der Waals surface area (Å²) in [6.07, 6.45) is 8.24. The molecule has 0 saturated heterocycles. The lowest BCUT2D eigenvalue weighted by Gasteiger charge is -2.05. The Kier molecular flexibility index (Phi) is 3.79. The molecule has 0 aliphatic heterocycles. The molecule has 1 atom stereocenters. The zero-order valence-electron chi connectivity index (χ0n) is 11.9. The van der Waals surface area contributed by atoms with Crippen LogP contribution in [0.2, 0.25) is 0 Å². The number of nitrogens with two attached hydrogens (primary N) is 1. The molecule has 6 nitrogen and oxygen atoms in total. The second kappa shape index (κ2) is 5.88. The maximum absolute atomic E-state index is 5.95. The van der Waals surface area contributed by atoms with E-state index in [0.717, 1.165) is 17.8 Å². The molecule has 0 aliphatic rings. The zero-order chi connectivity index (χ0) is 14.7. The number of aromatic nitrogens is 5. The molecule has 2 heterocycles. The molecular formula is C15H18N6. The molecule has 1 aromatic carbocycles. The first-order chi connectivity index (χ1) is 10.3. The minimum absolute atomic E-state index is 0.0395. The van der Waals surface area contributed by atoms with Crippen molar-refractivity contribution < 1.29 is 0 Å². The van der Waals surface area contributed by atoms with E-state index >= 15 is 0 Å². The third kappa shape index (κ3) is 3.00. The number of benzene rings is 1. The van der Waals surface area contributed by atoms with Crippen molar-refractivity contribution in [2.45, 2.75) is 25.9 Å². The third-order valence-electron chi connectivity index (χ3n) is 3.46. The Bertz CT molecular complexity index is 683. The minimum Gasteiger partial charge on any atom is -0.323 e. The lowest BCUT2D eigenvalue weighted by atomic mass is 10.2. The van der Waals surface area contributed by atoms with Crippen LogP contribution in [0.1, 0.15) is 30.6 Å². The Balaban J connectivity index is 1.72. The molecule has 0 bridgehead atoms. The molecule has 108 valence electrons. The van der Waals surface area contributed by atoms with Crippen LogP contribution in [0.4, 0.5) is 0 Å². The van der Waals surface area contributed by atoms with Crippen molar-refractivity contribution in [3.63, 3.8) is 0 Å². The van der Waals surface area contributed by atoms with Crippen molar-refractivity contribution in [1.82, 2.24) is 24.5 Å². The summed E-state index contributed by atoms with van der Waals surface area (Å²) >= 11 is 0.